The molecular formula is C14H31NO5. The highest BCUT2D eigenvalue weighted by molar-refractivity contribution is 4.44. The Morgan fingerprint density at radius 3 is 1.45 bits per heavy atom. The van der Waals surface area contributed by atoms with E-state index in [1.807, 2.05) is 0 Å². The van der Waals surface area contributed by atoms with E-state index in [1.165, 1.54) is 0 Å². The van der Waals surface area contributed by atoms with Gasteiger partial charge in [-0.25, -0.2) is 0 Å². The summed E-state index contributed by atoms with van der Waals surface area (Å²) in [7, 11) is 3.74. The monoisotopic (exact) mass is 293 g/mol. The lowest BCUT2D eigenvalue weighted by molar-refractivity contribution is -0.00880. The number of rotatable bonds is 16. The Balaban J connectivity index is 2.96. The van der Waals surface area contributed by atoms with Crippen LogP contribution in [0.3, 0.4) is 0 Å². The molecule has 0 saturated heterocycles. The summed E-state index contributed by atoms with van der Waals surface area (Å²) < 4.78 is 26.3. The van der Waals surface area contributed by atoms with Crippen molar-refractivity contribution in [1.82, 2.24) is 4.90 Å². The molecule has 0 saturated carbocycles. The van der Waals surface area contributed by atoms with Gasteiger partial charge in [-0.15, -0.1) is 0 Å². The summed E-state index contributed by atoms with van der Waals surface area (Å²) in [5.74, 6) is 0. The maximum Gasteiger partial charge on any atom is 0.0701 e. The van der Waals surface area contributed by atoms with Gasteiger partial charge >= 0.3 is 0 Å². The number of nitrogens with zero attached hydrogens (tertiary/aromatic N) is 1. The first kappa shape index (κ1) is 19.8. The SMILES string of the molecule is CCN(C)CCOCCOCCOCCOCCOC. The van der Waals surface area contributed by atoms with Gasteiger partial charge in [-0.3, -0.25) is 0 Å². The Morgan fingerprint density at radius 1 is 0.650 bits per heavy atom. The Kier molecular flexibility index (Phi) is 16.6. The average molecular weight is 293 g/mol. The minimum atomic E-state index is 0.589. The van der Waals surface area contributed by atoms with Crippen molar-refractivity contribution in [1.29, 1.82) is 0 Å². The van der Waals surface area contributed by atoms with Gasteiger partial charge in [0.25, 0.3) is 0 Å². The molecule has 0 aromatic heterocycles. The van der Waals surface area contributed by atoms with E-state index in [4.69, 9.17) is 23.7 Å². The van der Waals surface area contributed by atoms with Crippen molar-refractivity contribution in [2.75, 3.05) is 86.7 Å². The Hall–Kier alpha value is -0.240. The fraction of sp³-hybridized carbons (Fsp3) is 1.00. The molecule has 6 nitrogen and oxygen atoms in total. The summed E-state index contributed by atoms with van der Waals surface area (Å²) in [5.41, 5.74) is 0. The number of ether oxygens (including phenoxy) is 5. The van der Waals surface area contributed by atoms with Crippen LogP contribution in [0, 0.1) is 0 Å². The van der Waals surface area contributed by atoms with E-state index in [0.717, 1.165) is 19.7 Å². The first-order valence-electron chi connectivity index (χ1n) is 7.29. The fourth-order valence-electron chi connectivity index (χ4n) is 1.28. The van der Waals surface area contributed by atoms with Crippen LogP contribution in [0.4, 0.5) is 0 Å². The van der Waals surface area contributed by atoms with E-state index in [1.54, 1.807) is 7.11 Å². The predicted molar refractivity (Wildman–Crippen MR) is 78.3 cm³/mol. The van der Waals surface area contributed by atoms with Gasteiger partial charge in [0.2, 0.25) is 0 Å². The van der Waals surface area contributed by atoms with Crippen molar-refractivity contribution in [2.24, 2.45) is 0 Å². The summed E-state index contributed by atoms with van der Waals surface area (Å²) in [6, 6.07) is 0. The molecule has 0 unspecified atom stereocenters. The molecule has 6 heteroatoms. The molecule has 0 aromatic carbocycles. The summed E-state index contributed by atoms with van der Waals surface area (Å²) >= 11 is 0. The lowest BCUT2D eigenvalue weighted by Gasteiger charge is -2.13. The molecule has 0 N–H and O–H groups in total. The quantitative estimate of drug-likeness (QED) is 0.390. The third-order valence-corrected chi connectivity index (χ3v) is 2.71. The molecule has 20 heavy (non-hydrogen) atoms. The lowest BCUT2D eigenvalue weighted by atomic mass is 10.5. The van der Waals surface area contributed by atoms with Crippen LogP contribution in [-0.2, 0) is 23.7 Å². The van der Waals surface area contributed by atoms with E-state index in [2.05, 4.69) is 18.9 Å². The topological polar surface area (TPSA) is 49.4 Å². The lowest BCUT2D eigenvalue weighted by Crippen LogP contribution is -2.23. The van der Waals surface area contributed by atoms with Crippen LogP contribution in [0.25, 0.3) is 0 Å². The van der Waals surface area contributed by atoms with Gasteiger partial charge < -0.3 is 28.6 Å². The maximum atomic E-state index is 5.45. The van der Waals surface area contributed by atoms with E-state index < -0.39 is 0 Å². The molecule has 0 aliphatic rings. The number of methoxy groups -OCH3 is 1. The second-order valence-corrected chi connectivity index (χ2v) is 4.34. The van der Waals surface area contributed by atoms with Gasteiger partial charge in [0.15, 0.2) is 0 Å². The highest BCUT2D eigenvalue weighted by atomic mass is 16.6. The first-order chi connectivity index (χ1) is 9.81. The molecular weight excluding hydrogens is 262 g/mol. The Labute approximate surface area is 123 Å². The van der Waals surface area contributed by atoms with Crippen LogP contribution < -0.4 is 0 Å². The van der Waals surface area contributed by atoms with E-state index in [-0.39, 0.29) is 0 Å². The average Bonchev–Trinajstić information content (AvgIpc) is 2.47. The van der Waals surface area contributed by atoms with Crippen molar-refractivity contribution in [3.05, 3.63) is 0 Å². The Morgan fingerprint density at radius 2 is 1.05 bits per heavy atom. The largest absolute Gasteiger partial charge is 0.382 e. The van der Waals surface area contributed by atoms with Crippen molar-refractivity contribution < 1.29 is 23.7 Å². The van der Waals surface area contributed by atoms with Crippen LogP contribution in [0.2, 0.25) is 0 Å². The molecule has 0 spiro atoms. The van der Waals surface area contributed by atoms with Gasteiger partial charge in [0.1, 0.15) is 0 Å². The molecule has 0 amide bonds. The summed E-state index contributed by atoms with van der Waals surface area (Å²) in [4.78, 5) is 2.21. The van der Waals surface area contributed by atoms with Crippen LogP contribution in [0.5, 0.6) is 0 Å². The van der Waals surface area contributed by atoms with Crippen molar-refractivity contribution in [3.8, 4) is 0 Å². The van der Waals surface area contributed by atoms with E-state index in [9.17, 15) is 0 Å². The molecule has 0 atom stereocenters. The first-order valence-corrected chi connectivity index (χ1v) is 7.29. The normalized spacial score (nSPS) is 11.4. The standard InChI is InChI=1S/C14H31NO5/c1-4-15(2)5-6-17-9-10-19-13-14-20-12-11-18-8-7-16-3/h4-14H2,1-3H3. The highest BCUT2D eigenvalue weighted by Gasteiger charge is 1.95. The predicted octanol–water partition coefficient (Wildman–Crippen LogP) is 0.651. The van der Waals surface area contributed by atoms with Crippen LogP contribution in [0.15, 0.2) is 0 Å². The van der Waals surface area contributed by atoms with Crippen molar-refractivity contribution >= 4 is 0 Å². The van der Waals surface area contributed by atoms with Gasteiger partial charge in [-0.05, 0) is 13.6 Å². The number of hydrogen-bond donors (Lipinski definition) is 0. The van der Waals surface area contributed by atoms with Crippen LogP contribution >= 0.6 is 0 Å². The summed E-state index contributed by atoms with van der Waals surface area (Å²) in [5, 5.41) is 0. The molecule has 0 aliphatic heterocycles. The molecule has 0 bridgehead atoms. The molecule has 0 aromatic rings. The van der Waals surface area contributed by atoms with Crippen LogP contribution in [0.1, 0.15) is 6.92 Å². The van der Waals surface area contributed by atoms with E-state index >= 15 is 0 Å². The molecule has 122 valence electrons. The number of likely N-dealkylation sites (N-methyl/N-ethyl adjacent to an activating group) is 1. The fourth-order valence-corrected chi connectivity index (χ4v) is 1.28. The number of hydrogen-bond acceptors (Lipinski definition) is 6. The van der Waals surface area contributed by atoms with Gasteiger partial charge in [-0.1, -0.05) is 6.92 Å². The maximum absolute atomic E-state index is 5.45. The molecule has 0 heterocycles. The third-order valence-electron chi connectivity index (χ3n) is 2.71. The molecule has 0 fully saturated rings. The highest BCUT2D eigenvalue weighted by Crippen LogP contribution is 1.85. The molecule has 0 aliphatic carbocycles. The smallest absolute Gasteiger partial charge is 0.0701 e. The van der Waals surface area contributed by atoms with E-state index in [0.29, 0.717) is 52.9 Å². The van der Waals surface area contributed by atoms with Crippen LogP contribution in [-0.4, -0.2) is 91.6 Å². The van der Waals surface area contributed by atoms with Crippen molar-refractivity contribution in [3.63, 3.8) is 0 Å². The van der Waals surface area contributed by atoms with Gasteiger partial charge in [-0.2, -0.15) is 0 Å². The minimum Gasteiger partial charge on any atom is -0.382 e. The third kappa shape index (κ3) is 15.8. The summed E-state index contributed by atoms with van der Waals surface area (Å²) in [6.45, 7) is 9.75. The zero-order chi connectivity index (χ0) is 14.9. The molecule has 0 rings (SSSR count). The zero-order valence-electron chi connectivity index (χ0n) is 13.3. The molecule has 0 radical (unpaired) electrons. The summed E-state index contributed by atoms with van der Waals surface area (Å²) in [6.07, 6.45) is 0. The zero-order valence-corrected chi connectivity index (χ0v) is 13.3. The second-order valence-electron chi connectivity index (χ2n) is 4.34. The van der Waals surface area contributed by atoms with Gasteiger partial charge in [0, 0.05) is 13.7 Å². The Bertz CT molecular complexity index is 183. The minimum absolute atomic E-state index is 0.589. The van der Waals surface area contributed by atoms with Crippen molar-refractivity contribution in [2.45, 2.75) is 6.92 Å². The van der Waals surface area contributed by atoms with Gasteiger partial charge in [0.05, 0.1) is 59.5 Å². The second kappa shape index (κ2) is 16.8.